The molecule has 0 atom stereocenters. The molecule has 0 saturated carbocycles. The number of hydrogen-bond donors (Lipinski definition) is 1. The van der Waals surface area contributed by atoms with Gasteiger partial charge in [0, 0.05) is 10.2 Å². The monoisotopic (exact) mass is 353 g/mol. The summed E-state index contributed by atoms with van der Waals surface area (Å²) in [5.41, 5.74) is 2.72. The Hall–Kier alpha value is -1.33. The van der Waals surface area contributed by atoms with Crippen molar-refractivity contribution in [2.45, 2.75) is 25.2 Å². The predicted octanol–water partition coefficient (Wildman–Crippen LogP) is 4.12. The summed E-state index contributed by atoms with van der Waals surface area (Å²) in [5.74, 6) is 0. The minimum absolute atomic E-state index is 0.263. The number of aryl methyl sites for hydroxylation is 2. The number of benzene rings is 2. The number of halogens is 1. The van der Waals surface area contributed by atoms with Crippen molar-refractivity contribution in [1.29, 1.82) is 0 Å². The number of anilines is 1. The standard InChI is InChI=1S/C15H16BrNO2S/c1-3-12-6-7-13(10-15(12)16)17-20(18,19)14-8-4-11(2)5-9-14/h4-10,17H,3H2,1-2H3. The molecule has 2 aromatic carbocycles. The van der Waals surface area contributed by atoms with Gasteiger partial charge in [-0.1, -0.05) is 46.6 Å². The Morgan fingerprint density at radius 2 is 1.75 bits per heavy atom. The van der Waals surface area contributed by atoms with Crippen molar-refractivity contribution in [3.05, 3.63) is 58.1 Å². The van der Waals surface area contributed by atoms with Gasteiger partial charge >= 0.3 is 0 Å². The van der Waals surface area contributed by atoms with Gasteiger partial charge in [-0.15, -0.1) is 0 Å². The Balaban J connectivity index is 2.28. The van der Waals surface area contributed by atoms with Crippen LogP contribution in [-0.4, -0.2) is 8.42 Å². The third kappa shape index (κ3) is 3.41. The Morgan fingerprint density at radius 3 is 2.30 bits per heavy atom. The molecule has 106 valence electrons. The summed E-state index contributed by atoms with van der Waals surface area (Å²) in [6.45, 7) is 3.97. The molecule has 3 nitrogen and oxygen atoms in total. The third-order valence-corrected chi connectivity index (χ3v) is 5.15. The van der Waals surface area contributed by atoms with Gasteiger partial charge in [0.2, 0.25) is 0 Å². The van der Waals surface area contributed by atoms with E-state index in [9.17, 15) is 8.42 Å². The Morgan fingerprint density at radius 1 is 1.10 bits per heavy atom. The van der Waals surface area contributed by atoms with Crippen molar-refractivity contribution >= 4 is 31.6 Å². The molecule has 2 rings (SSSR count). The Bertz CT molecular complexity index is 709. The number of hydrogen-bond acceptors (Lipinski definition) is 2. The zero-order chi connectivity index (χ0) is 14.8. The first-order chi connectivity index (χ1) is 9.42. The second-order valence-corrected chi connectivity index (χ2v) is 7.12. The Labute approximate surface area is 128 Å². The molecule has 0 spiro atoms. The lowest BCUT2D eigenvalue weighted by molar-refractivity contribution is 0.601. The molecule has 20 heavy (non-hydrogen) atoms. The van der Waals surface area contributed by atoms with E-state index in [1.165, 1.54) is 0 Å². The molecule has 1 N–H and O–H groups in total. The molecular formula is C15H16BrNO2S. The zero-order valence-electron chi connectivity index (χ0n) is 11.4. The zero-order valence-corrected chi connectivity index (χ0v) is 13.8. The molecule has 0 saturated heterocycles. The van der Waals surface area contributed by atoms with E-state index < -0.39 is 10.0 Å². The highest BCUT2D eigenvalue weighted by Crippen LogP contribution is 2.24. The number of sulfonamides is 1. The first-order valence-electron chi connectivity index (χ1n) is 6.30. The van der Waals surface area contributed by atoms with Gasteiger partial charge in [-0.25, -0.2) is 8.42 Å². The van der Waals surface area contributed by atoms with E-state index in [0.717, 1.165) is 22.0 Å². The fourth-order valence-electron chi connectivity index (χ4n) is 1.83. The predicted molar refractivity (Wildman–Crippen MR) is 85.5 cm³/mol. The van der Waals surface area contributed by atoms with Crippen LogP contribution in [0.25, 0.3) is 0 Å². The SMILES string of the molecule is CCc1ccc(NS(=O)(=O)c2ccc(C)cc2)cc1Br. The molecule has 0 aliphatic rings. The van der Waals surface area contributed by atoms with Gasteiger partial charge in [0.25, 0.3) is 10.0 Å². The average Bonchev–Trinajstić information content (AvgIpc) is 2.39. The Kier molecular flexibility index (Phi) is 4.50. The van der Waals surface area contributed by atoms with Crippen molar-refractivity contribution in [2.24, 2.45) is 0 Å². The summed E-state index contributed by atoms with van der Waals surface area (Å²) in [4.78, 5) is 0.263. The molecule has 0 heterocycles. The molecule has 0 bridgehead atoms. The fourth-order valence-corrected chi connectivity index (χ4v) is 3.54. The smallest absolute Gasteiger partial charge is 0.261 e. The first kappa shape index (κ1) is 15.1. The molecule has 2 aromatic rings. The van der Waals surface area contributed by atoms with Crippen LogP contribution in [0.1, 0.15) is 18.1 Å². The number of nitrogens with one attached hydrogen (secondary N) is 1. The fraction of sp³-hybridized carbons (Fsp3) is 0.200. The molecule has 5 heteroatoms. The molecule has 0 aromatic heterocycles. The summed E-state index contributed by atoms with van der Waals surface area (Å²) in [6, 6.07) is 12.2. The van der Waals surface area contributed by atoms with Crippen LogP contribution in [0.3, 0.4) is 0 Å². The first-order valence-corrected chi connectivity index (χ1v) is 8.58. The van der Waals surface area contributed by atoms with Crippen LogP contribution in [0, 0.1) is 6.92 Å². The van der Waals surface area contributed by atoms with Crippen LogP contribution >= 0.6 is 15.9 Å². The summed E-state index contributed by atoms with van der Waals surface area (Å²) in [6.07, 6.45) is 0.894. The average molecular weight is 354 g/mol. The van der Waals surface area contributed by atoms with Gasteiger partial charge in [-0.3, -0.25) is 4.72 Å². The van der Waals surface area contributed by atoms with E-state index in [2.05, 4.69) is 27.6 Å². The van der Waals surface area contributed by atoms with Gasteiger partial charge in [-0.2, -0.15) is 0 Å². The van der Waals surface area contributed by atoms with Crippen LogP contribution in [-0.2, 0) is 16.4 Å². The van der Waals surface area contributed by atoms with Crippen molar-refractivity contribution in [3.63, 3.8) is 0 Å². The lowest BCUT2D eigenvalue weighted by Crippen LogP contribution is -2.13. The maximum Gasteiger partial charge on any atom is 0.261 e. The maximum atomic E-state index is 12.3. The van der Waals surface area contributed by atoms with Crippen molar-refractivity contribution in [3.8, 4) is 0 Å². The minimum Gasteiger partial charge on any atom is -0.280 e. The van der Waals surface area contributed by atoms with Crippen LogP contribution in [0.2, 0.25) is 0 Å². The van der Waals surface area contributed by atoms with Gasteiger partial charge in [-0.05, 0) is 43.2 Å². The largest absolute Gasteiger partial charge is 0.280 e. The molecular weight excluding hydrogens is 338 g/mol. The van der Waals surface area contributed by atoms with Gasteiger partial charge < -0.3 is 0 Å². The summed E-state index contributed by atoms with van der Waals surface area (Å²) in [5, 5.41) is 0. The normalized spacial score (nSPS) is 11.3. The van der Waals surface area contributed by atoms with Gasteiger partial charge in [0.1, 0.15) is 0 Å². The molecule has 0 radical (unpaired) electrons. The minimum atomic E-state index is -3.54. The van der Waals surface area contributed by atoms with Crippen molar-refractivity contribution in [1.82, 2.24) is 0 Å². The van der Waals surface area contributed by atoms with Crippen LogP contribution in [0.15, 0.2) is 51.8 Å². The van der Waals surface area contributed by atoms with Gasteiger partial charge in [0.05, 0.1) is 4.90 Å². The summed E-state index contributed by atoms with van der Waals surface area (Å²) in [7, 11) is -3.54. The molecule has 0 amide bonds. The van der Waals surface area contributed by atoms with E-state index in [1.54, 1.807) is 36.4 Å². The quantitative estimate of drug-likeness (QED) is 0.898. The van der Waals surface area contributed by atoms with Crippen LogP contribution in [0.5, 0.6) is 0 Å². The molecule has 0 aliphatic carbocycles. The van der Waals surface area contributed by atoms with Gasteiger partial charge in [0.15, 0.2) is 0 Å². The second-order valence-electron chi connectivity index (χ2n) is 4.58. The molecule has 0 aliphatic heterocycles. The van der Waals surface area contributed by atoms with Crippen LogP contribution in [0.4, 0.5) is 5.69 Å². The summed E-state index contributed by atoms with van der Waals surface area (Å²) < 4.78 is 28.0. The van der Waals surface area contributed by atoms with Crippen molar-refractivity contribution < 1.29 is 8.42 Å². The highest BCUT2D eigenvalue weighted by molar-refractivity contribution is 9.10. The number of rotatable bonds is 4. The lowest BCUT2D eigenvalue weighted by atomic mass is 10.2. The maximum absolute atomic E-state index is 12.3. The highest BCUT2D eigenvalue weighted by Gasteiger charge is 2.14. The topological polar surface area (TPSA) is 46.2 Å². The van der Waals surface area contributed by atoms with E-state index in [4.69, 9.17) is 0 Å². The third-order valence-electron chi connectivity index (χ3n) is 3.02. The molecule has 0 fully saturated rings. The summed E-state index contributed by atoms with van der Waals surface area (Å²) >= 11 is 3.45. The van der Waals surface area contributed by atoms with E-state index >= 15 is 0 Å². The van der Waals surface area contributed by atoms with Crippen molar-refractivity contribution in [2.75, 3.05) is 4.72 Å². The highest BCUT2D eigenvalue weighted by atomic mass is 79.9. The second kappa shape index (κ2) is 5.97. The van der Waals surface area contributed by atoms with Crippen LogP contribution < -0.4 is 4.72 Å². The van der Waals surface area contributed by atoms with E-state index in [-0.39, 0.29) is 4.90 Å². The molecule has 0 unspecified atom stereocenters. The van der Waals surface area contributed by atoms with E-state index in [0.29, 0.717) is 5.69 Å². The van der Waals surface area contributed by atoms with E-state index in [1.807, 2.05) is 13.0 Å². The lowest BCUT2D eigenvalue weighted by Gasteiger charge is -2.10.